The van der Waals surface area contributed by atoms with Gasteiger partial charge in [-0.3, -0.25) is 0 Å². The molecule has 0 unspecified atom stereocenters. The molecule has 2 heterocycles. The second kappa shape index (κ2) is 8.97. The molecule has 0 N–H and O–H groups in total. The Bertz CT molecular complexity index is 1130. The fraction of sp³-hybridized carbons (Fsp3) is 0.267. The summed E-state index contributed by atoms with van der Waals surface area (Å²) in [4.78, 5) is 8.96. The van der Waals surface area contributed by atoms with Gasteiger partial charge in [0.25, 0.3) is 0 Å². The third kappa shape index (κ3) is 3.41. The van der Waals surface area contributed by atoms with Crippen molar-refractivity contribution >= 4 is 0 Å². The Balaban J connectivity index is 0.000000152. The zero-order chi connectivity index (χ0) is 21.4. The van der Waals surface area contributed by atoms with Gasteiger partial charge in [-0.05, 0) is 47.2 Å². The first kappa shape index (κ1) is 22.2. The average Bonchev–Trinajstić information content (AvgIpc) is 3.44. The van der Waals surface area contributed by atoms with Gasteiger partial charge in [0.1, 0.15) is 0 Å². The van der Waals surface area contributed by atoms with Gasteiger partial charge in [0.15, 0.2) is 0 Å². The van der Waals surface area contributed by atoms with E-state index in [-0.39, 0.29) is 20.1 Å². The van der Waals surface area contributed by atoms with Crippen LogP contribution in [0.4, 0.5) is 0 Å². The maximum Gasteiger partial charge on any atom is 0.0161 e. The van der Waals surface area contributed by atoms with Gasteiger partial charge in [0, 0.05) is 32.5 Å². The molecule has 2 nitrogen and oxygen atoms in total. The van der Waals surface area contributed by atoms with Crippen LogP contribution in [0.2, 0.25) is 0 Å². The summed E-state index contributed by atoms with van der Waals surface area (Å²) in [7, 11) is 0. The molecule has 33 heavy (non-hydrogen) atoms. The predicted octanol–water partition coefficient (Wildman–Crippen LogP) is 6.95. The van der Waals surface area contributed by atoms with Crippen LogP contribution in [0.25, 0.3) is 22.5 Å². The Morgan fingerprint density at radius 3 is 2.06 bits per heavy atom. The molecule has 2 aromatic carbocycles. The minimum Gasteiger partial charge on any atom is -0.305 e. The van der Waals surface area contributed by atoms with E-state index >= 15 is 0 Å². The van der Waals surface area contributed by atoms with E-state index in [1.54, 1.807) is 11.8 Å². The van der Waals surface area contributed by atoms with Crippen molar-refractivity contribution in [3.63, 3.8) is 0 Å². The Hall–Kier alpha value is -2.61. The first-order chi connectivity index (χ1) is 15.8. The van der Waals surface area contributed by atoms with Crippen molar-refractivity contribution in [3.05, 3.63) is 108 Å². The van der Waals surface area contributed by atoms with Gasteiger partial charge in [-0.25, -0.2) is 0 Å². The summed E-state index contributed by atoms with van der Waals surface area (Å²) in [6.45, 7) is 0. The van der Waals surface area contributed by atoms with Crippen LogP contribution in [-0.2, 0) is 30.9 Å². The van der Waals surface area contributed by atoms with E-state index in [0.717, 1.165) is 11.3 Å². The summed E-state index contributed by atoms with van der Waals surface area (Å²) in [5, 5.41) is 0. The van der Waals surface area contributed by atoms with E-state index in [1.165, 1.54) is 55.3 Å². The van der Waals surface area contributed by atoms with Crippen LogP contribution >= 0.6 is 0 Å². The molecule has 0 spiro atoms. The van der Waals surface area contributed by atoms with Crippen LogP contribution in [-0.4, -0.2) is 9.97 Å². The number of benzene rings is 2. The number of rotatable bonds is 1. The second-order valence-corrected chi connectivity index (χ2v) is 9.22. The summed E-state index contributed by atoms with van der Waals surface area (Å²) in [6.07, 6.45) is 11.9. The molecular formula is C30H26IrN2-2. The van der Waals surface area contributed by atoms with Crippen molar-refractivity contribution in [2.75, 3.05) is 0 Å². The zero-order valence-electron chi connectivity index (χ0n) is 18.6. The molecule has 0 atom stereocenters. The van der Waals surface area contributed by atoms with Crippen LogP contribution in [0.15, 0.2) is 85.2 Å². The van der Waals surface area contributed by atoms with Gasteiger partial charge in [-0.15, -0.1) is 71.3 Å². The van der Waals surface area contributed by atoms with E-state index in [9.17, 15) is 0 Å². The van der Waals surface area contributed by atoms with Gasteiger partial charge in [-0.2, -0.15) is 0 Å². The van der Waals surface area contributed by atoms with E-state index in [2.05, 4.69) is 41.4 Å². The van der Waals surface area contributed by atoms with E-state index < -0.39 is 0 Å². The summed E-state index contributed by atoms with van der Waals surface area (Å²) in [5.74, 6) is 0. The molecule has 167 valence electrons. The van der Waals surface area contributed by atoms with Gasteiger partial charge in [0.2, 0.25) is 0 Å². The number of pyridine rings is 2. The normalized spacial score (nSPS) is 23.6. The third-order valence-corrected chi connectivity index (χ3v) is 7.91. The summed E-state index contributed by atoms with van der Waals surface area (Å²) in [5.41, 5.74) is 8.32. The third-order valence-electron chi connectivity index (χ3n) is 7.91. The van der Waals surface area contributed by atoms with Crippen LogP contribution in [0.3, 0.4) is 0 Å². The molecule has 0 aliphatic heterocycles. The maximum atomic E-state index is 4.74. The standard InChI is InChI=1S/C19H18N.C11H8N.Ir/c1-2-7-15-14(6-1)17-16(8-3-13-20-17)19-11-4-9-18(15,19)10-5-12-19;1-2-6-10(7-3-1)11-8-4-5-9-12-11;/h1-3,7-8,13H,4-5,9-12H2;1-6,8-9H;/q2*-1;. The first-order valence-electron chi connectivity index (χ1n) is 11.7. The number of aromatic nitrogens is 2. The molecule has 2 saturated carbocycles. The van der Waals surface area contributed by atoms with Crippen molar-refractivity contribution in [2.24, 2.45) is 0 Å². The Labute approximate surface area is 209 Å². The first-order valence-corrected chi connectivity index (χ1v) is 11.7. The second-order valence-electron chi connectivity index (χ2n) is 9.22. The minimum atomic E-state index is 0. The minimum absolute atomic E-state index is 0. The SMILES string of the molecule is [Ir].[c-]1cccc2c1-c1ncccc1C13CCCC21CCC3.[c-]1ccccc1-c1ccccn1. The van der Waals surface area contributed by atoms with Gasteiger partial charge in [0.05, 0.1) is 0 Å². The van der Waals surface area contributed by atoms with E-state index in [0.29, 0.717) is 10.8 Å². The van der Waals surface area contributed by atoms with Crippen LogP contribution in [0, 0.1) is 12.1 Å². The Morgan fingerprint density at radius 1 is 0.636 bits per heavy atom. The fourth-order valence-electron chi connectivity index (χ4n) is 6.74. The van der Waals surface area contributed by atoms with Crippen LogP contribution in [0.5, 0.6) is 0 Å². The van der Waals surface area contributed by atoms with Crippen LogP contribution in [0.1, 0.15) is 49.7 Å². The van der Waals surface area contributed by atoms with Crippen molar-refractivity contribution in [3.8, 4) is 22.5 Å². The summed E-state index contributed by atoms with van der Waals surface area (Å²) < 4.78 is 0. The van der Waals surface area contributed by atoms with Crippen molar-refractivity contribution in [2.45, 2.75) is 49.4 Å². The molecule has 3 heteroatoms. The van der Waals surface area contributed by atoms with Gasteiger partial charge in [-0.1, -0.05) is 49.4 Å². The monoisotopic (exact) mass is 607 g/mol. The number of hydrogen-bond acceptors (Lipinski definition) is 2. The summed E-state index contributed by atoms with van der Waals surface area (Å²) >= 11 is 0. The molecule has 0 amide bonds. The average molecular weight is 607 g/mol. The van der Waals surface area contributed by atoms with Gasteiger partial charge >= 0.3 is 0 Å². The maximum absolute atomic E-state index is 4.74. The molecule has 7 rings (SSSR count). The molecular weight excluding hydrogens is 581 g/mol. The smallest absolute Gasteiger partial charge is 0.0161 e. The number of nitrogens with zero attached hydrogens (tertiary/aromatic N) is 2. The topological polar surface area (TPSA) is 25.8 Å². The largest absolute Gasteiger partial charge is 0.305 e. The Kier molecular flexibility index (Phi) is 6.03. The van der Waals surface area contributed by atoms with Crippen molar-refractivity contribution in [1.82, 2.24) is 9.97 Å². The number of fused-ring (bicyclic) bond motifs is 3. The van der Waals surface area contributed by atoms with E-state index in [1.807, 2.05) is 54.7 Å². The zero-order valence-corrected chi connectivity index (χ0v) is 20.9. The molecule has 0 bridgehead atoms. The molecule has 4 aromatic rings. The molecule has 0 saturated heterocycles. The fourth-order valence-corrected chi connectivity index (χ4v) is 6.74. The van der Waals surface area contributed by atoms with Gasteiger partial charge < -0.3 is 9.97 Å². The molecule has 2 fully saturated rings. The van der Waals surface area contributed by atoms with Crippen molar-refractivity contribution in [1.29, 1.82) is 0 Å². The molecule has 3 aliphatic rings. The quantitative estimate of drug-likeness (QED) is 0.219. The van der Waals surface area contributed by atoms with E-state index in [4.69, 9.17) is 4.98 Å². The molecule has 2 aromatic heterocycles. The number of hydrogen-bond donors (Lipinski definition) is 0. The summed E-state index contributed by atoms with van der Waals surface area (Å²) in [6, 6.07) is 31.4. The predicted molar refractivity (Wildman–Crippen MR) is 128 cm³/mol. The molecule has 1 radical (unpaired) electrons. The Morgan fingerprint density at radius 2 is 1.33 bits per heavy atom. The van der Waals surface area contributed by atoms with Crippen molar-refractivity contribution < 1.29 is 20.1 Å². The molecule has 3 aliphatic carbocycles. The van der Waals surface area contributed by atoms with Crippen LogP contribution < -0.4 is 0 Å².